The lowest BCUT2D eigenvalue weighted by atomic mass is 10.1. The first kappa shape index (κ1) is 17.9. The van der Waals surface area contributed by atoms with E-state index in [-0.39, 0.29) is 4.47 Å². The van der Waals surface area contributed by atoms with Crippen molar-refractivity contribution in [2.75, 3.05) is 0 Å². The molecule has 0 heterocycles. The molecular weight excluding hydrogens is 281 g/mol. The maximum atomic E-state index is 12.2. The first-order valence-electron chi connectivity index (χ1n) is 5.24. The van der Waals surface area contributed by atoms with Gasteiger partial charge in [-0.05, 0) is 19.1 Å². The van der Waals surface area contributed by atoms with Crippen molar-refractivity contribution >= 4 is 15.9 Å². The Morgan fingerprint density at radius 3 is 1.75 bits per heavy atom. The number of rotatable bonds is 0. The summed E-state index contributed by atoms with van der Waals surface area (Å²) in [5.74, 6) is 0. The highest BCUT2D eigenvalue weighted by Crippen LogP contribution is 2.34. The quantitative estimate of drug-likeness (QED) is 0.565. The first-order valence-corrected chi connectivity index (χ1v) is 6.04. The monoisotopic (exact) mass is 298 g/mol. The molecule has 0 aliphatic carbocycles. The number of hydrogen-bond donors (Lipinski definition) is 0. The third kappa shape index (κ3) is 6.16. The second-order valence-corrected chi connectivity index (χ2v) is 3.34. The van der Waals surface area contributed by atoms with Crippen molar-refractivity contribution in [3.63, 3.8) is 0 Å². The lowest BCUT2D eigenvalue weighted by Gasteiger charge is -2.09. The molecule has 4 heteroatoms. The summed E-state index contributed by atoms with van der Waals surface area (Å²) in [7, 11) is 0. The highest BCUT2D eigenvalue weighted by Gasteiger charge is 2.32. The Kier molecular flexibility index (Phi) is 9.63. The molecule has 0 bridgehead atoms. The Labute approximate surface area is 104 Å². The summed E-state index contributed by atoms with van der Waals surface area (Å²) in [6.07, 6.45) is -4.27. The molecule has 0 spiro atoms. The summed E-state index contributed by atoms with van der Waals surface area (Å²) in [6.45, 7) is 9.63. The molecule has 0 saturated heterocycles. The van der Waals surface area contributed by atoms with Gasteiger partial charge in [0.1, 0.15) is 0 Å². The minimum atomic E-state index is -4.27. The van der Waals surface area contributed by atoms with Gasteiger partial charge in [-0.15, -0.1) is 0 Å². The fourth-order valence-electron chi connectivity index (χ4n) is 0.856. The van der Waals surface area contributed by atoms with Gasteiger partial charge in [-0.25, -0.2) is 0 Å². The van der Waals surface area contributed by atoms with E-state index in [2.05, 4.69) is 15.9 Å². The van der Waals surface area contributed by atoms with Crippen molar-refractivity contribution in [3.8, 4) is 0 Å². The standard InChI is InChI=1S/C8H6BrF3.2C2H6/c1-5-2-3-7(9)6(4-5)8(10,11)12;2*1-2/h2-4H,1H3;2*1-2H3. The van der Waals surface area contributed by atoms with Gasteiger partial charge >= 0.3 is 6.18 Å². The molecule has 0 atom stereocenters. The van der Waals surface area contributed by atoms with Crippen LogP contribution in [-0.4, -0.2) is 0 Å². The zero-order valence-electron chi connectivity index (χ0n) is 10.2. The van der Waals surface area contributed by atoms with E-state index in [1.54, 1.807) is 13.0 Å². The summed E-state index contributed by atoms with van der Waals surface area (Å²) in [6, 6.07) is 4.14. The van der Waals surface area contributed by atoms with E-state index in [1.165, 1.54) is 6.07 Å². The zero-order valence-corrected chi connectivity index (χ0v) is 11.8. The van der Waals surface area contributed by atoms with Gasteiger partial charge in [0.15, 0.2) is 0 Å². The van der Waals surface area contributed by atoms with E-state index in [4.69, 9.17) is 0 Å². The molecule has 16 heavy (non-hydrogen) atoms. The molecule has 0 nitrogen and oxygen atoms in total. The molecule has 0 amide bonds. The Morgan fingerprint density at radius 1 is 1.00 bits per heavy atom. The molecule has 0 aliphatic heterocycles. The first-order chi connectivity index (χ1) is 7.41. The normalized spacial score (nSPS) is 9.56. The Hall–Kier alpha value is -0.510. The Morgan fingerprint density at radius 2 is 1.44 bits per heavy atom. The van der Waals surface area contributed by atoms with Crippen LogP contribution in [0.4, 0.5) is 13.2 Å². The average Bonchev–Trinajstić information content (AvgIpc) is 2.26. The minimum Gasteiger partial charge on any atom is -0.166 e. The fraction of sp³-hybridized carbons (Fsp3) is 0.500. The predicted molar refractivity (Wildman–Crippen MR) is 66.6 cm³/mol. The topological polar surface area (TPSA) is 0 Å². The maximum absolute atomic E-state index is 12.2. The van der Waals surface area contributed by atoms with Crippen LogP contribution in [0.2, 0.25) is 0 Å². The average molecular weight is 299 g/mol. The molecule has 0 N–H and O–H groups in total. The van der Waals surface area contributed by atoms with Gasteiger partial charge < -0.3 is 0 Å². The van der Waals surface area contributed by atoms with E-state index < -0.39 is 11.7 Å². The Balaban J connectivity index is 0. The highest BCUT2D eigenvalue weighted by atomic mass is 79.9. The molecule has 0 aromatic heterocycles. The van der Waals surface area contributed by atoms with Gasteiger partial charge in [-0.2, -0.15) is 13.2 Å². The number of benzene rings is 1. The zero-order chi connectivity index (χ0) is 13.4. The third-order valence-electron chi connectivity index (χ3n) is 1.43. The van der Waals surface area contributed by atoms with Crippen LogP contribution in [0, 0.1) is 6.92 Å². The van der Waals surface area contributed by atoms with Gasteiger partial charge in [0.25, 0.3) is 0 Å². The van der Waals surface area contributed by atoms with Crippen LogP contribution < -0.4 is 0 Å². The van der Waals surface area contributed by atoms with Gasteiger partial charge in [0.05, 0.1) is 5.56 Å². The summed E-state index contributed by atoms with van der Waals surface area (Å²) in [5.41, 5.74) is -0.0203. The molecule has 1 rings (SSSR count). The molecule has 0 fully saturated rings. The molecule has 0 radical (unpaired) electrons. The van der Waals surface area contributed by atoms with Crippen molar-refractivity contribution in [3.05, 3.63) is 33.8 Å². The van der Waals surface area contributed by atoms with E-state index >= 15 is 0 Å². The summed E-state index contributed by atoms with van der Waals surface area (Å²) < 4.78 is 36.7. The van der Waals surface area contributed by atoms with Crippen LogP contribution in [0.15, 0.2) is 22.7 Å². The third-order valence-corrected chi connectivity index (χ3v) is 2.12. The van der Waals surface area contributed by atoms with E-state index in [0.717, 1.165) is 6.07 Å². The molecular formula is C12H18BrF3. The van der Waals surface area contributed by atoms with E-state index in [9.17, 15) is 13.2 Å². The molecule has 0 aliphatic rings. The molecule has 0 unspecified atom stereocenters. The number of hydrogen-bond acceptors (Lipinski definition) is 0. The van der Waals surface area contributed by atoms with E-state index in [1.807, 2.05) is 27.7 Å². The van der Waals surface area contributed by atoms with E-state index in [0.29, 0.717) is 5.56 Å². The van der Waals surface area contributed by atoms with Gasteiger partial charge in [0, 0.05) is 4.47 Å². The van der Waals surface area contributed by atoms with Gasteiger partial charge in [-0.1, -0.05) is 55.3 Å². The summed E-state index contributed by atoms with van der Waals surface area (Å²) >= 11 is 2.85. The second-order valence-electron chi connectivity index (χ2n) is 2.48. The van der Waals surface area contributed by atoms with Crippen LogP contribution in [-0.2, 0) is 6.18 Å². The lowest BCUT2D eigenvalue weighted by Crippen LogP contribution is -2.05. The lowest BCUT2D eigenvalue weighted by molar-refractivity contribution is -0.138. The molecule has 0 saturated carbocycles. The number of alkyl halides is 3. The van der Waals surface area contributed by atoms with Crippen molar-refractivity contribution in [1.29, 1.82) is 0 Å². The predicted octanol–water partition coefficient (Wildman–Crippen LogP) is 5.83. The van der Waals surface area contributed by atoms with Crippen molar-refractivity contribution < 1.29 is 13.2 Å². The SMILES string of the molecule is CC.CC.Cc1ccc(Br)c(C(F)(F)F)c1. The molecule has 94 valence electrons. The van der Waals surface area contributed by atoms with Crippen molar-refractivity contribution in [2.45, 2.75) is 40.8 Å². The van der Waals surface area contributed by atoms with Crippen LogP contribution in [0.5, 0.6) is 0 Å². The summed E-state index contributed by atoms with van der Waals surface area (Å²) in [4.78, 5) is 0. The van der Waals surface area contributed by atoms with Crippen LogP contribution >= 0.6 is 15.9 Å². The van der Waals surface area contributed by atoms with Crippen molar-refractivity contribution in [2.24, 2.45) is 0 Å². The van der Waals surface area contributed by atoms with Crippen LogP contribution in [0.3, 0.4) is 0 Å². The smallest absolute Gasteiger partial charge is 0.166 e. The summed E-state index contributed by atoms with van der Waals surface area (Å²) in [5, 5.41) is 0. The maximum Gasteiger partial charge on any atom is 0.417 e. The fourth-order valence-corrected chi connectivity index (χ4v) is 1.33. The molecule has 1 aromatic rings. The highest BCUT2D eigenvalue weighted by molar-refractivity contribution is 9.10. The van der Waals surface area contributed by atoms with Crippen LogP contribution in [0.25, 0.3) is 0 Å². The number of aryl methyl sites for hydroxylation is 1. The minimum absolute atomic E-state index is 0.0839. The van der Waals surface area contributed by atoms with Crippen LogP contribution in [0.1, 0.15) is 38.8 Å². The second kappa shape index (κ2) is 8.62. The Bertz CT molecular complexity index is 293. The van der Waals surface area contributed by atoms with Crippen molar-refractivity contribution in [1.82, 2.24) is 0 Å². The number of halogens is 4. The van der Waals surface area contributed by atoms with Gasteiger partial charge in [0.2, 0.25) is 0 Å². The van der Waals surface area contributed by atoms with Gasteiger partial charge in [-0.3, -0.25) is 0 Å². The molecule has 1 aromatic carbocycles. The largest absolute Gasteiger partial charge is 0.417 e.